The van der Waals surface area contributed by atoms with E-state index in [4.69, 9.17) is 0 Å². The van der Waals surface area contributed by atoms with Gasteiger partial charge in [0.2, 0.25) is 0 Å². The molecule has 1 aliphatic heterocycles. The SMILES string of the molecule is O=C1C=CC(=O)N1c1c(F)cccc1F. The van der Waals surface area contributed by atoms with E-state index in [9.17, 15) is 18.4 Å². The quantitative estimate of drug-likeness (QED) is 0.655. The molecule has 1 heterocycles. The average Bonchev–Trinajstić information content (AvgIpc) is 2.49. The van der Waals surface area contributed by atoms with E-state index >= 15 is 0 Å². The van der Waals surface area contributed by atoms with Gasteiger partial charge in [-0.15, -0.1) is 0 Å². The summed E-state index contributed by atoms with van der Waals surface area (Å²) in [6.45, 7) is 0. The molecule has 1 aromatic carbocycles. The van der Waals surface area contributed by atoms with Crippen LogP contribution in [0.25, 0.3) is 0 Å². The predicted molar refractivity (Wildman–Crippen MR) is 48.0 cm³/mol. The molecule has 3 nitrogen and oxygen atoms in total. The van der Waals surface area contributed by atoms with Gasteiger partial charge in [-0.2, -0.15) is 0 Å². The van der Waals surface area contributed by atoms with Gasteiger partial charge in [-0.1, -0.05) is 6.07 Å². The molecule has 0 N–H and O–H groups in total. The van der Waals surface area contributed by atoms with Crippen molar-refractivity contribution in [3.05, 3.63) is 42.0 Å². The van der Waals surface area contributed by atoms with Gasteiger partial charge in [0.25, 0.3) is 11.8 Å². The highest BCUT2D eigenvalue weighted by Gasteiger charge is 2.29. The van der Waals surface area contributed by atoms with Crippen molar-refractivity contribution in [1.29, 1.82) is 0 Å². The van der Waals surface area contributed by atoms with Crippen molar-refractivity contribution in [1.82, 2.24) is 0 Å². The molecule has 0 fully saturated rings. The normalized spacial score (nSPS) is 15.2. The first kappa shape index (κ1) is 9.51. The summed E-state index contributed by atoms with van der Waals surface area (Å²) in [5.74, 6) is -3.38. The zero-order chi connectivity index (χ0) is 11.0. The minimum absolute atomic E-state index is 0.463. The van der Waals surface area contributed by atoms with Gasteiger partial charge in [0.05, 0.1) is 0 Å². The molecule has 5 heteroatoms. The smallest absolute Gasteiger partial charge is 0.258 e. The van der Waals surface area contributed by atoms with Gasteiger partial charge < -0.3 is 0 Å². The molecule has 0 radical (unpaired) electrons. The highest BCUT2D eigenvalue weighted by molar-refractivity contribution is 6.28. The van der Waals surface area contributed by atoms with E-state index in [0.717, 1.165) is 30.4 Å². The number of anilines is 1. The van der Waals surface area contributed by atoms with Crippen LogP contribution >= 0.6 is 0 Å². The average molecular weight is 209 g/mol. The molecule has 2 amide bonds. The fourth-order valence-electron chi connectivity index (χ4n) is 1.32. The second kappa shape index (κ2) is 3.27. The van der Waals surface area contributed by atoms with Crippen molar-refractivity contribution in [2.24, 2.45) is 0 Å². The van der Waals surface area contributed by atoms with Crippen molar-refractivity contribution in [3.63, 3.8) is 0 Å². The Labute approximate surface area is 83.6 Å². The Bertz CT molecular complexity index is 444. The summed E-state index contributed by atoms with van der Waals surface area (Å²) < 4.78 is 26.5. The number of halogens is 2. The summed E-state index contributed by atoms with van der Waals surface area (Å²) in [6, 6.07) is 3.13. The third kappa shape index (κ3) is 1.41. The van der Waals surface area contributed by atoms with Crippen LogP contribution in [0.3, 0.4) is 0 Å². The van der Waals surface area contributed by atoms with Crippen LogP contribution in [0.2, 0.25) is 0 Å². The number of amides is 2. The lowest BCUT2D eigenvalue weighted by atomic mass is 10.2. The maximum absolute atomic E-state index is 13.2. The van der Waals surface area contributed by atoms with Crippen molar-refractivity contribution in [3.8, 4) is 0 Å². The first-order chi connectivity index (χ1) is 7.11. The van der Waals surface area contributed by atoms with Gasteiger partial charge in [0.15, 0.2) is 0 Å². The molecular weight excluding hydrogens is 204 g/mol. The van der Waals surface area contributed by atoms with E-state index in [2.05, 4.69) is 0 Å². The number of carbonyl (C=O) groups is 2. The van der Waals surface area contributed by atoms with Crippen LogP contribution in [0.4, 0.5) is 14.5 Å². The Morgan fingerprint density at radius 2 is 1.40 bits per heavy atom. The fourth-order valence-corrected chi connectivity index (χ4v) is 1.32. The van der Waals surface area contributed by atoms with Gasteiger partial charge in [-0.3, -0.25) is 9.59 Å². The van der Waals surface area contributed by atoms with Crippen molar-refractivity contribution < 1.29 is 18.4 Å². The summed E-state index contributed by atoms with van der Waals surface area (Å²) in [6.07, 6.45) is 1.93. The molecule has 1 aromatic rings. The molecule has 15 heavy (non-hydrogen) atoms. The second-order valence-corrected chi connectivity index (χ2v) is 2.92. The lowest BCUT2D eigenvalue weighted by Gasteiger charge is -2.14. The van der Waals surface area contributed by atoms with E-state index in [0.29, 0.717) is 4.90 Å². The fraction of sp³-hybridized carbons (Fsp3) is 0. The molecule has 0 bridgehead atoms. The van der Waals surface area contributed by atoms with Gasteiger partial charge in [0.1, 0.15) is 17.3 Å². The molecule has 0 saturated heterocycles. The summed E-state index contributed by atoms with van der Waals surface area (Å²) >= 11 is 0. The first-order valence-corrected chi connectivity index (χ1v) is 4.11. The zero-order valence-electron chi connectivity index (χ0n) is 7.41. The van der Waals surface area contributed by atoms with Crippen LogP contribution in [-0.2, 0) is 9.59 Å². The summed E-state index contributed by atoms with van der Waals surface area (Å²) in [5, 5.41) is 0. The third-order valence-corrected chi connectivity index (χ3v) is 1.97. The van der Waals surface area contributed by atoms with Gasteiger partial charge in [-0.25, -0.2) is 13.7 Å². The molecule has 0 aromatic heterocycles. The Kier molecular flexibility index (Phi) is 2.07. The molecule has 0 unspecified atom stereocenters. The third-order valence-electron chi connectivity index (χ3n) is 1.97. The Morgan fingerprint density at radius 3 is 1.87 bits per heavy atom. The maximum Gasteiger partial charge on any atom is 0.258 e. The zero-order valence-corrected chi connectivity index (χ0v) is 7.41. The monoisotopic (exact) mass is 209 g/mol. The van der Waals surface area contributed by atoms with Crippen LogP contribution in [0.1, 0.15) is 0 Å². The van der Waals surface area contributed by atoms with Gasteiger partial charge >= 0.3 is 0 Å². The highest BCUT2D eigenvalue weighted by Crippen LogP contribution is 2.25. The first-order valence-electron chi connectivity index (χ1n) is 4.11. The van der Waals surface area contributed by atoms with Crippen molar-refractivity contribution >= 4 is 17.5 Å². The lowest BCUT2D eigenvalue weighted by Crippen LogP contribution is -2.31. The summed E-state index contributed by atoms with van der Waals surface area (Å²) in [5.41, 5.74) is -0.627. The van der Waals surface area contributed by atoms with Crippen LogP contribution in [0.5, 0.6) is 0 Å². The Morgan fingerprint density at radius 1 is 0.933 bits per heavy atom. The van der Waals surface area contributed by atoms with E-state index < -0.39 is 29.1 Å². The van der Waals surface area contributed by atoms with Crippen molar-refractivity contribution in [2.45, 2.75) is 0 Å². The Balaban J connectivity index is 2.55. The molecule has 2 rings (SSSR count). The van der Waals surface area contributed by atoms with Gasteiger partial charge in [0, 0.05) is 12.2 Å². The molecule has 0 spiro atoms. The number of rotatable bonds is 1. The van der Waals surface area contributed by atoms with E-state index in [1.54, 1.807) is 0 Å². The van der Waals surface area contributed by atoms with Crippen molar-refractivity contribution in [2.75, 3.05) is 4.90 Å². The number of hydrogen-bond acceptors (Lipinski definition) is 2. The van der Waals surface area contributed by atoms with E-state index in [-0.39, 0.29) is 0 Å². The molecule has 76 valence electrons. The predicted octanol–water partition coefficient (Wildman–Crippen LogP) is 1.39. The summed E-state index contributed by atoms with van der Waals surface area (Å²) in [4.78, 5) is 22.8. The minimum atomic E-state index is -0.944. The van der Waals surface area contributed by atoms with Gasteiger partial charge in [-0.05, 0) is 12.1 Å². The summed E-state index contributed by atoms with van der Waals surface area (Å²) in [7, 11) is 0. The standard InChI is InChI=1S/C10H5F2NO2/c11-6-2-1-3-7(12)10(6)13-8(14)4-5-9(13)15/h1-5H. The van der Waals surface area contributed by atoms with E-state index in [1.807, 2.05) is 0 Å². The number of carbonyl (C=O) groups excluding carboxylic acids is 2. The van der Waals surface area contributed by atoms with Crippen LogP contribution in [0, 0.1) is 11.6 Å². The lowest BCUT2D eigenvalue weighted by molar-refractivity contribution is -0.120. The largest absolute Gasteiger partial charge is 0.269 e. The topological polar surface area (TPSA) is 37.4 Å². The number of para-hydroxylation sites is 1. The van der Waals surface area contributed by atoms with E-state index in [1.165, 1.54) is 0 Å². The highest BCUT2D eigenvalue weighted by atomic mass is 19.1. The number of nitrogens with zero attached hydrogens (tertiary/aromatic N) is 1. The van der Waals surface area contributed by atoms with Crippen LogP contribution < -0.4 is 4.90 Å². The molecular formula is C10H5F2NO2. The number of benzene rings is 1. The molecule has 1 aliphatic rings. The molecule has 0 saturated carbocycles. The molecule has 0 atom stereocenters. The Hall–Kier alpha value is -2.04. The van der Waals surface area contributed by atoms with Crippen LogP contribution in [0.15, 0.2) is 30.4 Å². The van der Waals surface area contributed by atoms with Crippen LogP contribution in [-0.4, -0.2) is 11.8 Å². The number of imide groups is 1. The second-order valence-electron chi connectivity index (χ2n) is 2.92. The molecule has 0 aliphatic carbocycles. The number of hydrogen-bond donors (Lipinski definition) is 0. The minimum Gasteiger partial charge on any atom is -0.269 e. The maximum atomic E-state index is 13.2.